The molecule has 0 spiro atoms. The maximum Gasteiger partial charge on any atom is 0.141 e. The predicted octanol–water partition coefficient (Wildman–Crippen LogP) is 4.07. The fraction of sp³-hybridized carbons (Fsp3) is 0.353. The van der Waals surface area contributed by atoms with Crippen molar-refractivity contribution in [3.63, 3.8) is 0 Å². The summed E-state index contributed by atoms with van der Waals surface area (Å²) in [4.78, 5) is 4.10. The number of aromatic nitrogens is 1. The number of nitrogens with zero attached hydrogens (tertiary/aromatic N) is 1. The molecule has 0 amide bonds. The van der Waals surface area contributed by atoms with E-state index in [4.69, 9.17) is 0 Å². The Balaban J connectivity index is 1.79. The van der Waals surface area contributed by atoms with Crippen LogP contribution < -0.4 is 5.32 Å². The lowest BCUT2D eigenvalue weighted by molar-refractivity contribution is 0.520. The van der Waals surface area contributed by atoms with Gasteiger partial charge in [0.25, 0.3) is 0 Å². The number of hydrogen-bond donors (Lipinski definition) is 1. The van der Waals surface area contributed by atoms with Gasteiger partial charge in [-0.3, -0.25) is 4.98 Å². The summed E-state index contributed by atoms with van der Waals surface area (Å²) in [5.74, 6) is 0.232. The van der Waals surface area contributed by atoms with E-state index in [1.54, 1.807) is 6.07 Å². The summed E-state index contributed by atoms with van der Waals surface area (Å²) in [6.07, 6.45) is 2.33. The van der Waals surface area contributed by atoms with Crippen molar-refractivity contribution in [1.82, 2.24) is 10.3 Å². The van der Waals surface area contributed by atoms with Gasteiger partial charge in [0, 0.05) is 6.04 Å². The number of pyridine rings is 1. The van der Waals surface area contributed by atoms with Gasteiger partial charge in [0.2, 0.25) is 0 Å². The molecule has 0 aliphatic rings. The van der Waals surface area contributed by atoms with Crippen LogP contribution in [0.25, 0.3) is 0 Å². The first-order valence-electron chi connectivity index (χ1n) is 7.06. The third-order valence-corrected chi connectivity index (χ3v) is 3.59. The van der Waals surface area contributed by atoms with Gasteiger partial charge in [-0.1, -0.05) is 37.3 Å². The largest absolute Gasteiger partial charge is 0.309 e. The molecule has 0 fully saturated rings. The quantitative estimate of drug-likeness (QED) is 0.857. The van der Waals surface area contributed by atoms with Gasteiger partial charge in [0.05, 0.1) is 11.9 Å². The summed E-state index contributed by atoms with van der Waals surface area (Å²) in [6.45, 7) is 5.20. The average Bonchev–Trinajstić information content (AvgIpc) is 2.48. The van der Waals surface area contributed by atoms with E-state index in [0.29, 0.717) is 5.92 Å². The van der Waals surface area contributed by atoms with E-state index in [9.17, 15) is 4.39 Å². The third kappa shape index (κ3) is 4.14. The molecule has 1 aromatic carbocycles. The van der Waals surface area contributed by atoms with Crippen molar-refractivity contribution in [2.45, 2.75) is 32.2 Å². The van der Waals surface area contributed by atoms with E-state index in [1.165, 1.54) is 17.8 Å². The zero-order valence-corrected chi connectivity index (χ0v) is 12.0. The molecular weight excluding hydrogens is 251 g/mol. The number of hydrogen-bond acceptors (Lipinski definition) is 2. The summed E-state index contributed by atoms with van der Waals surface area (Å²) >= 11 is 0. The molecule has 2 rings (SSSR count). The molecule has 1 aromatic heterocycles. The standard InChI is InChI=1S/C17H21FN2/c1-13(15-6-4-3-5-7-15)10-11-19-14(2)17-9-8-16(18)12-20-17/h3-9,12-14,19H,10-11H2,1-2H3. The molecule has 106 valence electrons. The SMILES string of the molecule is CC(CCNC(C)c1ccc(F)cn1)c1ccccc1. The van der Waals surface area contributed by atoms with E-state index >= 15 is 0 Å². The second kappa shape index (κ2) is 7.15. The predicted molar refractivity (Wildman–Crippen MR) is 80.1 cm³/mol. The molecule has 0 saturated carbocycles. The molecule has 0 bridgehead atoms. The van der Waals surface area contributed by atoms with Crippen LogP contribution in [0.1, 0.15) is 43.5 Å². The van der Waals surface area contributed by atoms with Gasteiger partial charge in [-0.25, -0.2) is 4.39 Å². The molecular formula is C17H21FN2. The molecule has 2 nitrogen and oxygen atoms in total. The zero-order valence-electron chi connectivity index (χ0n) is 12.0. The van der Waals surface area contributed by atoms with Crippen LogP contribution in [0, 0.1) is 5.82 Å². The van der Waals surface area contributed by atoms with Crippen molar-refractivity contribution in [2.24, 2.45) is 0 Å². The molecule has 2 atom stereocenters. The van der Waals surface area contributed by atoms with E-state index in [2.05, 4.69) is 41.5 Å². The van der Waals surface area contributed by atoms with Gasteiger partial charge >= 0.3 is 0 Å². The molecule has 3 heteroatoms. The Kier molecular flexibility index (Phi) is 5.24. The first-order valence-corrected chi connectivity index (χ1v) is 7.06. The van der Waals surface area contributed by atoms with Gasteiger partial charge in [0.1, 0.15) is 5.82 Å². The van der Waals surface area contributed by atoms with Crippen molar-refractivity contribution in [2.75, 3.05) is 6.54 Å². The Labute approximate surface area is 120 Å². The van der Waals surface area contributed by atoms with E-state index < -0.39 is 0 Å². The van der Waals surface area contributed by atoms with Crippen LogP contribution in [0.2, 0.25) is 0 Å². The van der Waals surface area contributed by atoms with Crippen LogP contribution in [0.4, 0.5) is 4.39 Å². The minimum atomic E-state index is -0.293. The van der Waals surface area contributed by atoms with Crippen LogP contribution >= 0.6 is 0 Å². The van der Waals surface area contributed by atoms with Crippen LogP contribution in [0.15, 0.2) is 48.7 Å². The Morgan fingerprint density at radius 3 is 2.50 bits per heavy atom. The first kappa shape index (κ1) is 14.7. The lowest BCUT2D eigenvalue weighted by Crippen LogP contribution is -2.21. The maximum atomic E-state index is 12.8. The summed E-state index contributed by atoms with van der Waals surface area (Å²) < 4.78 is 12.8. The Morgan fingerprint density at radius 1 is 1.10 bits per heavy atom. The number of nitrogens with one attached hydrogen (secondary N) is 1. The van der Waals surface area contributed by atoms with E-state index in [-0.39, 0.29) is 11.9 Å². The van der Waals surface area contributed by atoms with E-state index in [1.807, 2.05) is 13.0 Å². The summed E-state index contributed by atoms with van der Waals surface area (Å²) in [5.41, 5.74) is 2.24. The third-order valence-electron chi connectivity index (χ3n) is 3.59. The molecule has 20 heavy (non-hydrogen) atoms. The molecule has 0 saturated heterocycles. The van der Waals surface area contributed by atoms with E-state index in [0.717, 1.165) is 18.7 Å². The van der Waals surface area contributed by atoms with Gasteiger partial charge in [-0.15, -0.1) is 0 Å². The number of rotatable bonds is 6. The van der Waals surface area contributed by atoms with Crippen molar-refractivity contribution in [3.05, 3.63) is 65.7 Å². The van der Waals surface area contributed by atoms with Crippen molar-refractivity contribution >= 4 is 0 Å². The lowest BCUT2D eigenvalue weighted by atomic mass is 9.98. The summed E-state index contributed by atoms with van der Waals surface area (Å²) in [6, 6.07) is 13.8. The second-order valence-corrected chi connectivity index (χ2v) is 5.18. The van der Waals surface area contributed by atoms with Crippen molar-refractivity contribution < 1.29 is 4.39 Å². The van der Waals surface area contributed by atoms with Gasteiger partial charge in [-0.05, 0) is 43.5 Å². The lowest BCUT2D eigenvalue weighted by Gasteiger charge is -2.16. The first-order chi connectivity index (χ1) is 9.66. The second-order valence-electron chi connectivity index (χ2n) is 5.18. The Bertz CT molecular complexity index is 510. The molecule has 0 aliphatic carbocycles. The zero-order chi connectivity index (χ0) is 14.4. The van der Waals surface area contributed by atoms with Crippen LogP contribution in [-0.4, -0.2) is 11.5 Å². The highest BCUT2D eigenvalue weighted by atomic mass is 19.1. The van der Waals surface area contributed by atoms with Crippen LogP contribution in [-0.2, 0) is 0 Å². The highest BCUT2D eigenvalue weighted by molar-refractivity contribution is 5.18. The maximum absolute atomic E-state index is 12.8. The van der Waals surface area contributed by atoms with Gasteiger partial charge < -0.3 is 5.32 Å². The molecule has 1 heterocycles. The number of halogens is 1. The Hall–Kier alpha value is -1.74. The molecule has 2 unspecified atom stereocenters. The van der Waals surface area contributed by atoms with Crippen molar-refractivity contribution in [1.29, 1.82) is 0 Å². The minimum Gasteiger partial charge on any atom is -0.309 e. The normalized spacial score (nSPS) is 13.9. The van der Waals surface area contributed by atoms with Crippen molar-refractivity contribution in [3.8, 4) is 0 Å². The molecule has 0 radical (unpaired) electrons. The minimum absolute atomic E-state index is 0.138. The van der Waals surface area contributed by atoms with Crippen LogP contribution in [0.3, 0.4) is 0 Å². The topological polar surface area (TPSA) is 24.9 Å². The van der Waals surface area contributed by atoms with Gasteiger partial charge in [0.15, 0.2) is 0 Å². The fourth-order valence-corrected chi connectivity index (χ4v) is 2.21. The molecule has 1 N–H and O–H groups in total. The average molecular weight is 272 g/mol. The monoisotopic (exact) mass is 272 g/mol. The highest BCUT2D eigenvalue weighted by Gasteiger charge is 2.08. The molecule has 0 aliphatic heterocycles. The number of benzene rings is 1. The van der Waals surface area contributed by atoms with Gasteiger partial charge in [-0.2, -0.15) is 0 Å². The smallest absolute Gasteiger partial charge is 0.141 e. The van der Waals surface area contributed by atoms with Crippen LogP contribution in [0.5, 0.6) is 0 Å². The summed E-state index contributed by atoms with van der Waals surface area (Å²) in [7, 11) is 0. The fourth-order valence-electron chi connectivity index (χ4n) is 2.21. The molecule has 2 aromatic rings. The summed E-state index contributed by atoms with van der Waals surface area (Å²) in [5, 5.41) is 3.43. The highest BCUT2D eigenvalue weighted by Crippen LogP contribution is 2.18. The Morgan fingerprint density at radius 2 is 1.85 bits per heavy atom.